The number of aromatic nitrogens is 2. The molecule has 1 aromatic heterocycles. The molecule has 0 fully saturated rings. The average molecular weight is 300 g/mol. The molecule has 1 heterocycles. The Bertz CT molecular complexity index is 629. The fraction of sp³-hybridized carbons (Fsp3) is 0.357. The summed E-state index contributed by atoms with van der Waals surface area (Å²) < 4.78 is 28.6. The van der Waals surface area contributed by atoms with E-state index in [4.69, 9.17) is 11.6 Å². The van der Waals surface area contributed by atoms with Crippen molar-refractivity contribution in [1.82, 2.24) is 9.78 Å². The first-order chi connectivity index (χ1) is 9.31. The molecule has 0 saturated carbocycles. The molecule has 0 aliphatic rings. The molecule has 0 amide bonds. The van der Waals surface area contributed by atoms with Crippen LogP contribution in [0.5, 0.6) is 0 Å². The largest absolute Gasteiger partial charge is 0.375 e. The van der Waals surface area contributed by atoms with Gasteiger partial charge in [-0.15, -0.1) is 0 Å². The first-order valence-electron chi connectivity index (χ1n) is 6.22. The third kappa shape index (κ3) is 2.63. The van der Waals surface area contributed by atoms with E-state index in [1.165, 1.54) is 0 Å². The molecule has 1 atom stereocenters. The molecule has 0 saturated heterocycles. The lowest BCUT2D eigenvalue weighted by Gasteiger charge is -2.18. The predicted molar refractivity (Wildman–Crippen MR) is 76.1 cm³/mol. The number of hydrogen-bond acceptors (Lipinski definition) is 2. The van der Waals surface area contributed by atoms with Crippen LogP contribution in [0.25, 0.3) is 0 Å². The Labute approximate surface area is 121 Å². The maximum absolute atomic E-state index is 13.8. The Hall–Kier alpha value is -1.62. The highest BCUT2D eigenvalue weighted by Gasteiger charge is 2.19. The van der Waals surface area contributed by atoms with Crippen LogP contribution in [0, 0.1) is 25.5 Å². The highest BCUT2D eigenvalue weighted by atomic mass is 35.5. The minimum atomic E-state index is -0.707. The van der Waals surface area contributed by atoms with Crippen LogP contribution < -0.4 is 5.32 Å². The Morgan fingerprint density at radius 3 is 2.45 bits per heavy atom. The summed E-state index contributed by atoms with van der Waals surface area (Å²) in [5.74, 6) is -1.40. The van der Waals surface area contributed by atoms with Gasteiger partial charge in [-0.05, 0) is 26.8 Å². The summed E-state index contributed by atoms with van der Waals surface area (Å²) in [4.78, 5) is 0. The molecule has 1 aromatic carbocycles. The highest BCUT2D eigenvalue weighted by molar-refractivity contribution is 6.33. The highest BCUT2D eigenvalue weighted by Crippen LogP contribution is 2.31. The number of anilines is 1. The van der Waals surface area contributed by atoms with Gasteiger partial charge in [0.25, 0.3) is 0 Å². The Kier molecular flexibility index (Phi) is 3.99. The number of halogens is 3. The predicted octanol–water partition coefficient (Wildman–Crippen LogP) is 4.14. The lowest BCUT2D eigenvalue weighted by atomic mass is 10.1. The first kappa shape index (κ1) is 14.8. The summed E-state index contributed by atoms with van der Waals surface area (Å²) >= 11 is 5.89. The molecule has 0 bridgehead atoms. The summed E-state index contributed by atoms with van der Waals surface area (Å²) in [6.07, 6.45) is 0. The Morgan fingerprint density at radius 1 is 1.30 bits per heavy atom. The summed E-state index contributed by atoms with van der Waals surface area (Å²) in [5.41, 5.74) is 2.93. The standard InChI is InChI=1S/C14H16ClF2N3/c1-7(13-8(2)19-20(4)9(13)3)18-14-11(15)5-10(16)6-12(14)17/h5-7,18H,1-4H3. The van der Waals surface area contributed by atoms with Crippen molar-refractivity contribution in [1.29, 1.82) is 0 Å². The van der Waals surface area contributed by atoms with Crippen molar-refractivity contribution in [2.45, 2.75) is 26.8 Å². The van der Waals surface area contributed by atoms with Gasteiger partial charge >= 0.3 is 0 Å². The maximum Gasteiger partial charge on any atom is 0.150 e. The second-order valence-electron chi connectivity index (χ2n) is 4.82. The first-order valence-corrected chi connectivity index (χ1v) is 6.60. The van der Waals surface area contributed by atoms with Crippen LogP contribution in [0.15, 0.2) is 12.1 Å². The fourth-order valence-electron chi connectivity index (χ4n) is 2.39. The van der Waals surface area contributed by atoms with Crippen molar-refractivity contribution in [2.75, 3.05) is 5.32 Å². The number of hydrogen-bond donors (Lipinski definition) is 1. The summed E-state index contributed by atoms with van der Waals surface area (Å²) in [6, 6.07) is 1.70. The molecule has 0 aliphatic carbocycles. The van der Waals surface area contributed by atoms with Crippen LogP contribution in [0.3, 0.4) is 0 Å². The SMILES string of the molecule is Cc1nn(C)c(C)c1C(C)Nc1c(F)cc(F)cc1Cl. The van der Waals surface area contributed by atoms with E-state index < -0.39 is 11.6 Å². The number of nitrogens with one attached hydrogen (secondary N) is 1. The van der Waals surface area contributed by atoms with Gasteiger partial charge in [0.1, 0.15) is 5.82 Å². The third-order valence-electron chi connectivity index (χ3n) is 3.37. The zero-order chi connectivity index (χ0) is 15.0. The number of aryl methyl sites for hydroxylation is 2. The van der Waals surface area contributed by atoms with E-state index in [0.717, 1.165) is 29.1 Å². The lowest BCUT2D eigenvalue weighted by molar-refractivity contribution is 0.584. The van der Waals surface area contributed by atoms with Gasteiger partial charge in [-0.2, -0.15) is 5.10 Å². The van der Waals surface area contributed by atoms with Crippen molar-refractivity contribution >= 4 is 17.3 Å². The van der Waals surface area contributed by atoms with E-state index in [9.17, 15) is 8.78 Å². The van der Waals surface area contributed by atoms with Crippen LogP contribution in [0.4, 0.5) is 14.5 Å². The normalized spacial score (nSPS) is 12.6. The lowest BCUT2D eigenvalue weighted by Crippen LogP contribution is -2.11. The minimum Gasteiger partial charge on any atom is -0.375 e. The second kappa shape index (κ2) is 5.40. The van der Waals surface area contributed by atoms with Gasteiger partial charge in [0.15, 0.2) is 5.82 Å². The molecule has 2 rings (SSSR count). The number of nitrogens with zero attached hydrogens (tertiary/aromatic N) is 2. The van der Waals surface area contributed by atoms with Gasteiger partial charge in [0.2, 0.25) is 0 Å². The van der Waals surface area contributed by atoms with E-state index in [2.05, 4.69) is 10.4 Å². The number of benzene rings is 1. The quantitative estimate of drug-likeness (QED) is 0.923. The van der Waals surface area contributed by atoms with E-state index >= 15 is 0 Å². The molecular weight excluding hydrogens is 284 g/mol. The Morgan fingerprint density at radius 2 is 1.95 bits per heavy atom. The van der Waals surface area contributed by atoms with E-state index in [-0.39, 0.29) is 16.8 Å². The van der Waals surface area contributed by atoms with Gasteiger partial charge in [-0.3, -0.25) is 4.68 Å². The Balaban J connectivity index is 2.35. The fourth-order valence-corrected chi connectivity index (χ4v) is 2.63. The summed E-state index contributed by atoms with van der Waals surface area (Å²) in [5, 5.41) is 7.33. The van der Waals surface area contributed by atoms with Crippen LogP contribution in [-0.4, -0.2) is 9.78 Å². The monoisotopic (exact) mass is 299 g/mol. The average Bonchev–Trinajstić information content (AvgIpc) is 2.58. The molecule has 0 radical (unpaired) electrons. The molecule has 3 nitrogen and oxygen atoms in total. The van der Waals surface area contributed by atoms with Crippen molar-refractivity contribution in [3.8, 4) is 0 Å². The van der Waals surface area contributed by atoms with Crippen LogP contribution in [0.2, 0.25) is 5.02 Å². The molecular formula is C14H16ClF2N3. The smallest absolute Gasteiger partial charge is 0.150 e. The molecule has 2 aromatic rings. The van der Waals surface area contributed by atoms with Gasteiger partial charge in [-0.1, -0.05) is 11.6 Å². The topological polar surface area (TPSA) is 29.9 Å². The minimum absolute atomic E-state index is 0.0218. The molecule has 1 unspecified atom stereocenters. The van der Waals surface area contributed by atoms with E-state index in [0.29, 0.717) is 0 Å². The zero-order valence-corrected chi connectivity index (χ0v) is 12.5. The van der Waals surface area contributed by atoms with Crippen LogP contribution in [0.1, 0.15) is 29.9 Å². The molecule has 0 spiro atoms. The van der Waals surface area contributed by atoms with Gasteiger partial charge in [0, 0.05) is 24.4 Å². The molecule has 1 N–H and O–H groups in total. The van der Waals surface area contributed by atoms with Crippen molar-refractivity contribution < 1.29 is 8.78 Å². The van der Waals surface area contributed by atoms with Gasteiger partial charge < -0.3 is 5.32 Å². The maximum atomic E-state index is 13.8. The molecule has 6 heteroatoms. The molecule has 20 heavy (non-hydrogen) atoms. The van der Waals surface area contributed by atoms with E-state index in [1.807, 2.05) is 27.8 Å². The van der Waals surface area contributed by atoms with E-state index in [1.54, 1.807) is 4.68 Å². The molecule has 108 valence electrons. The van der Waals surface area contributed by atoms with Crippen molar-refractivity contribution in [3.63, 3.8) is 0 Å². The van der Waals surface area contributed by atoms with Crippen LogP contribution >= 0.6 is 11.6 Å². The van der Waals surface area contributed by atoms with Crippen molar-refractivity contribution in [2.24, 2.45) is 7.05 Å². The van der Waals surface area contributed by atoms with Gasteiger partial charge in [-0.25, -0.2) is 8.78 Å². The summed E-state index contributed by atoms with van der Waals surface area (Å²) in [6.45, 7) is 5.72. The number of rotatable bonds is 3. The van der Waals surface area contributed by atoms with Crippen molar-refractivity contribution in [3.05, 3.63) is 45.7 Å². The van der Waals surface area contributed by atoms with Gasteiger partial charge in [0.05, 0.1) is 22.4 Å². The summed E-state index contributed by atoms with van der Waals surface area (Å²) in [7, 11) is 1.85. The zero-order valence-electron chi connectivity index (χ0n) is 11.8. The third-order valence-corrected chi connectivity index (χ3v) is 3.66. The second-order valence-corrected chi connectivity index (χ2v) is 5.23. The molecule has 0 aliphatic heterocycles. The van der Waals surface area contributed by atoms with Crippen LogP contribution in [-0.2, 0) is 7.05 Å².